The minimum atomic E-state index is -0.472. The third kappa shape index (κ3) is 0.839. The van der Waals surface area contributed by atoms with Crippen molar-refractivity contribution in [3.63, 3.8) is 0 Å². The number of nitrogen functional groups attached to an aromatic ring is 1. The summed E-state index contributed by atoms with van der Waals surface area (Å²) in [4.78, 5) is 16.9. The number of fused-ring (bicyclic) bond motifs is 1. The van der Waals surface area contributed by atoms with Crippen LogP contribution in [0.5, 0.6) is 0 Å². The summed E-state index contributed by atoms with van der Waals surface area (Å²) in [7, 11) is 0. The summed E-state index contributed by atoms with van der Waals surface area (Å²) in [5, 5.41) is 6.96. The maximum Gasteiger partial charge on any atom is 0.348 e. The molecule has 2 aromatic rings. The zero-order chi connectivity index (χ0) is 8.55. The van der Waals surface area contributed by atoms with Crippen molar-refractivity contribution in [2.75, 3.05) is 5.43 Å². The molecule has 0 aliphatic rings. The van der Waals surface area contributed by atoms with Crippen molar-refractivity contribution in [2.24, 2.45) is 5.84 Å². The third-order valence-electron chi connectivity index (χ3n) is 1.48. The lowest BCUT2D eigenvalue weighted by molar-refractivity contribution is 1.06. The first kappa shape index (κ1) is 6.80. The number of hydrogen-bond acceptors (Lipinski definition) is 5. The zero-order valence-corrected chi connectivity index (χ0v) is 5.96. The van der Waals surface area contributed by atoms with Crippen molar-refractivity contribution in [3.05, 3.63) is 16.7 Å². The second-order valence-corrected chi connectivity index (χ2v) is 2.19. The molecular weight excluding hydrogens is 160 g/mol. The van der Waals surface area contributed by atoms with Crippen LogP contribution >= 0.6 is 0 Å². The van der Waals surface area contributed by atoms with Crippen molar-refractivity contribution in [1.29, 1.82) is 0 Å². The Kier molecular flexibility index (Phi) is 1.31. The Balaban J connectivity index is 2.89. The second-order valence-electron chi connectivity index (χ2n) is 2.19. The van der Waals surface area contributed by atoms with Crippen LogP contribution < -0.4 is 17.0 Å². The SMILES string of the molecule is NNc1nc(=O)[nH]c2[nH]ncc12. The molecule has 7 nitrogen and oxygen atoms in total. The quantitative estimate of drug-likeness (QED) is 0.318. The minimum Gasteiger partial charge on any atom is -0.308 e. The molecule has 7 heteroatoms. The van der Waals surface area contributed by atoms with E-state index in [9.17, 15) is 4.79 Å². The molecule has 0 atom stereocenters. The van der Waals surface area contributed by atoms with Gasteiger partial charge in [-0.3, -0.25) is 10.1 Å². The van der Waals surface area contributed by atoms with Crippen molar-refractivity contribution >= 4 is 16.9 Å². The van der Waals surface area contributed by atoms with Gasteiger partial charge in [-0.25, -0.2) is 10.6 Å². The molecule has 62 valence electrons. The summed E-state index contributed by atoms with van der Waals surface area (Å²) in [5.41, 5.74) is 2.34. The normalized spacial score (nSPS) is 10.4. The lowest BCUT2D eigenvalue weighted by atomic mass is 10.4. The van der Waals surface area contributed by atoms with Gasteiger partial charge in [0, 0.05) is 0 Å². The van der Waals surface area contributed by atoms with Crippen LogP contribution in [0.25, 0.3) is 11.0 Å². The molecule has 2 heterocycles. The van der Waals surface area contributed by atoms with E-state index < -0.39 is 5.69 Å². The van der Waals surface area contributed by atoms with Crippen LogP contribution in [0.3, 0.4) is 0 Å². The van der Waals surface area contributed by atoms with Gasteiger partial charge in [-0.2, -0.15) is 10.1 Å². The zero-order valence-electron chi connectivity index (χ0n) is 5.96. The van der Waals surface area contributed by atoms with Crippen molar-refractivity contribution < 1.29 is 0 Å². The summed E-state index contributed by atoms with van der Waals surface area (Å²) in [5.74, 6) is 5.44. The lowest BCUT2D eigenvalue weighted by Crippen LogP contribution is -2.17. The molecule has 0 unspecified atom stereocenters. The third-order valence-corrected chi connectivity index (χ3v) is 1.48. The van der Waals surface area contributed by atoms with E-state index in [4.69, 9.17) is 5.84 Å². The Morgan fingerprint density at radius 1 is 1.58 bits per heavy atom. The van der Waals surface area contributed by atoms with Crippen LogP contribution in [0.15, 0.2) is 11.0 Å². The van der Waals surface area contributed by atoms with Crippen LogP contribution in [0.2, 0.25) is 0 Å². The molecule has 0 saturated carbocycles. The Labute approximate surface area is 66.0 Å². The van der Waals surface area contributed by atoms with Gasteiger partial charge < -0.3 is 5.43 Å². The van der Waals surface area contributed by atoms with Crippen LogP contribution in [-0.2, 0) is 0 Å². The highest BCUT2D eigenvalue weighted by atomic mass is 16.1. The molecule has 0 amide bonds. The molecular formula is C5H6N6O. The molecule has 2 aromatic heterocycles. The fourth-order valence-corrected chi connectivity index (χ4v) is 0.968. The number of nitrogens with two attached hydrogens (primary N) is 1. The van der Waals surface area contributed by atoms with Crippen LogP contribution in [0, 0.1) is 0 Å². The highest BCUT2D eigenvalue weighted by Gasteiger charge is 2.03. The number of nitrogens with zero attached hydrogens (tertiary/aromatic N) is 2. The molecule has 0 fully saturated rings. The number of hydrazine groups is 1. The summed E-state index contributed by atoms with van der Waals surface area (Å²) < 4.78 is 0. The van der Waals surface area contributed by atoms with E-state index in [0.717, 1.165) is 0 Å². The summed E-state index contributed by atoms with van der Waals surface area (Å²) in [6.45, 7) is 0. The topological polar surface area (TPSA) is 112 Å². The Bertz CT molecular complexity index is 456. The van der Waals surface area contributed by atoms with Crippen LogP contribution in [0.1, 0.15) is 0 Å². The molecule has 0 spiro atoms. The van der Waals surface area contributed by atoms with Gasteiger partial charge in [-0.1, -0.05) is 0 Å². The van der Waals surface area contributed by atoms with Crippen molar-refractivity contribution in [3.8, 4) is 0 Å². The molecule has 0 aliphatic heterocycles. The monoisotopic (exact) mass is 166 g/mol. The minimum absolute atomic E-state index is 0.308. The summed E-state index contributed by atoms with van der Waals surface area (Å²) >= 11 is 0. The largest absolute Gasteiger partial charge is 0.348 e. The molecule has 12 heavy (non-hydrogen) atoms. The maximum absolute atomic E-state index is 10.9. The van der Waals surface area contributed by atoms with E-state index >= 15 is 0 Å². The highest BCUT2D eigenvalue weighted by molar-refractivity contribution is 5.85. The first-order chi connectivity index (χ1) is 5.81. The fourth-order valence-electron chi connectivity index (χ4n) is 0.968. The van der Waals surface area contributed by atoms with Crippen LogP contribution in [0.4, 0.5) is 5.82 Å². The predicted molar refractivity (Wildman–Crippen MR) is 42.3 cm³/mol. The molecule has 0 radical (unpaired) electrons. The van der Waals surface area contributed by atoms with Gasteiger partial charge >= 0.3 is 5.69 Å². The summed E-state index contributed by atoms with van der Waals surface area (Å²) in [6, 6.07) is 0. The second kappa shape index (κ2) is 2.31. The van der Waals surface area contributed by atoms with E-state index in [-0.39, 0.29) is 0 Å². The van der Waals surface area contributed by atoms with Gasteiger partial charge in [0.15, 0.2) is 5.82 Å². The molecule has 0 saturated heterocycles. The average Bonchev–Trinajstić information content (AvgIpc) is 2.50. The standard InChI is InChI=1S/C5H6N6O/c6-10-3-2-1-7-11-4(2)9-5(12)8-3/h1H,6H2,(H3,7,8,9,10,11,12). The Morgan fingerprint density at radius 3 is 3.17 bits per heavy atom. The first-order valence-electron chi connectivity index (χ1n) is 3.21. The number of aromatic amines is 2. The fraction of sp³-hybridized carbons (Fsp3) is 0. The highest BCUT2D eigenvalue weighted by Crippen LogP contribution is 2.12. The first-order valence-corrected chi connectivity index (χ1v) is 3.21. The lowest BCUT2D eigenvalue weighted by Gasteiger charge is -1.96. The molecule has 0 aliphatic carbocycles. The molecule has 0 bridgehead atoms. The van der Waals surface area contributed by atoms with Gasteiger partial charge in [0.2, 0.25) is 0 Å². The number of nitrogens with one attached hydrogen (secondary N) is 3. The van der Waals surface area contributed by atoms with Gasteiger partial charge in [0.25, 0.3) is 0 Å². The van der Waals surface area contributed by atoms with E-state index in [2.05, 4.69) is 25.6 Å². The Hall–Kier alpha value is -1.89. The number of aromatic nitrogens is 4. The number of H-pyrrole nitrogens is 2. The number of anilines is 1. The van der Waals surface area contributed by atoms with E-state index in [1.54, 1.807) is 0 Å². The van der Waals surface area contributed by atoms with Gasteiger partial charge in [0.05, 0.1) is 11.6 Å². The predicted octanol–water partition coefficient (Wildman–Crippen LogP) is -1.07. The Morgan fingerprint density at radius 2 is 2.42 bits per heavy atom. The number of rotatable bonds is 1. The van der Waals surface area contributed by atoms with Gasteiger partial charge in [0.1, 0.15) is 5.65 Å². The molecule has 0 aromatic carbocycles. The van der Waals surface area contributed by atoms with Gasteiger partial charge in [-0.05, 0) is 0 Å². The number of hydrogen-bond donors (Lipinski definition) is 4. The average molecular weight is 166 g/mol. The maximum atomic E-state index is 10.9. The van der Waals surface area contributed by atoms with Crippen LogP contribution in [-0.4, -0.2) is 20.2 Å². The van der Waals surface area contributed by atoms with Gasteiger partial charge in [-0.15, -0.1) is 0 Å². The van der Waals surface area contributed by atoms with E-state index in [1.807, 2.05) is 0 Å². The van der Waals surface area contributed by atoms with Crippen molar-refractivity contribution in [2.45, 2.75) is 0 Å². The molecule has 2 rings (SSSR count). The smallest absolute Gasteiger partial charge is 0.308 e. The van der Waals surface area contributed by atoms with E-state index in [1.165, 1.54) is 6.20 Å². The van der Waals surface area contributed by atoms with Crippen molar-refractivity contribution in [1.82, 2.24) is 20.2 Å². The summed E-state index contributed by atoms with van der Waals surface area (Å²) in [6.07, 6.45) is 1.52. The van der Waals surface area contributed by atoms with E-state index in [0.29, 0.717) is 16.9 Å². The molecule has 5 N–H and O–H groups in total.